The molecule has 0 atom stereocenters. The van der Waals surface area contributed by atoms with Gasteiger partial charge < -0.3 is 4.74 Å². The fourth-order valence-corrected chi connectivity index (χ4v) is 3.93. The van der Waals surface area contributed by atoms with Crippen LogP contribution in [0.2, 0.25) is 0 Å². The van der Waals surface area contributed by atoms with Gasteiger partial charge >= 0.3 is 5.97 Å². The van der Waals surface area contributed by atoms with Gasteiger partial charge in [0.2, 0.25) is 0 Å². The highest BCUT2D eigenvalue weighted by Gasteiger charge is 2.40. The lowest BCUT2D eigenvalue weighted by Gasteiger charge is -2.15. The standard InChI is InChI=1S/C16H12FNO5S/c17-13-7-3-1-5-11(13)16(20)23-10-9-18-15(19)12-6-2-4-8-14(12)24(18,21)22/h1-8H,9-10H2. The maximum absolute atomic E-state index is 13.5. The number of carbonyl (C=O) groups excluding carboxylic acids is 2. The summed E-state index contributed by atoms with van der Waals surface area (Å²) >= 11 is 0. The van der Waals surface area contributed by atoms with E-state index in [2.05, 4.69) is 0 Å². The van der Waals surface area contributed by atoms with Crippen molar-refractivity contribution in [2.24, 2.45) is 0 Å². The van der Waals surface area contributed by atoms with E-state index in [1.54, 1.807) is 6.07 Å². The number of hydrogen-bond donors (Lipinski definition) is 0. The minimum atomic E-state index is -3.95. The molecule has 124 valence electrons. The average Bonchev–Trinajstić information content (AvgIpc) is 2.76. The maximum Gasteiger partial charge on any atom is 0.341 e. The third-order valence-electron chi connectivity index (χ3n) is 3.53. The first-order valence-electron chi connectivity index (χ1n) is 7.00. The molecule has 0 bridgehead atoms. The van der Waals surface area contributed by atoms with Crippen LogP contribution in [0.5, 0.6) is 0 Å². The number of sulfonamides is 1. The van der Waals surface area contributed by atoms with Gasteiger partial charge in [0.25, 0.3) is 15.9 Å². The van der Waals surface area contributed by atoms with Gasteiger partial charge in [0, 0.05) is 0 Å². The molecule has 1 aliphatic heterocycles. The van der Waals surface area contributed by atoms with E-state index in [4.69, 9.17) is 4.74 Å². The van der Waals surface area contributed by atoms with Crippen molar-refractivity contribution in [2.45, 2.75) is 4.90 Å². The van der Waals surface area contributed by atoms with Crippen LogP contribution in [-0.2, 0) is 14.8 Å². The molecule has 3 rings (SSSR count). The Morgan fingerprint density at radius 1 is 1.08 bits per heavy atom. The number of carbonyl (C=O) groups is 2. The summed E-state index contributed by atoms with van der Waals surface area (Å²) in [6.07, 6.45) is 0. The molecule has 6 nitrogen and oxygen atoms in total. The highest BCUT2D eigenvalue weighted by Crippen LogP contribution is 2.29. The zero-order chi connectivity index (χ0) is 17.3. The Labute approximate surface area is 137 Å². The Morgan fingerprint density at radius 3 is 2.46 bits per heavy atom. The normalized spacial score (nSPS) is 15.2. The molecule has 0 aliphatic carbocycles. The van der Waals surface area contributed by atoms with Gasteiger partial charge in [-0.15, -0.1) is 0 Å². The summed E-state index contributed by atoms with van der Waals surface area (Å²) in [5.41, 5.74) is -0.172. The van der Waals surface area contributed by atoms with E-state index in [0.717, 1.165) is 6.07 Å². The molecule has 1 heterocycles. The molecule has 0 saturated heterocycles. The summed E-state index contributed by atoms with van der Waals surface area (Å²) in [4.78, 5) is 23.9. The average molecular weight is 349 g/mol. The Hall–Kier alpha value is -2.74. The van der Waals surface area contributed by atoms with Gasteiger partial charge in [0.05, 0.1) is 17.7 Å². The number of ether oxygens (including phenoxy) is 1. The number of benzene rings is 2. The second kappa shape index (κ2) is 6.04. The number of esters is 1. The van der Waals surface area contributed by atoms with Gasteiger partial charge in [-0.2, -0.15) is 0 Å². The van der Waals surface area contributed by atoms with Crippen LogP contribution in [0.25, 0.3) is 0 Å². The lowest BCUT2D eigenvalue weighted by Crippen LogP contribution is -2.33. The van der Waals surface area contributed by atoms with Crippen molar-refractivity contribution in [3.8, 4) is 0 Å². The van der Waals surface area contributed by atoms with E-state index < -0.39 is 27.7 Å². The molecule has 0 aromatic heterocycles. The molecule has 0 fully saturated rings. The zero-order valence-corrected chi connectivity index (χ0v) is 13.1. The Balaban J connectivity index is 1.69. The number of hydrogen-bond acceptors (Lipinski definition) is 5. The first-order valence-corrected chi connectivity index (χ1v) is 8.44. The third-order valence-corrected chi connectivity index (χ3v) is 5.37. The van der Waals surface area contributed by atoms with Crippen LogP contribution in [0, 0.1) is 5.82 Å². The first-order chi connectivity index (χ1) is 11.4. The molecule has 2 aromatic rings. The van der Waals surface area contributed by atoms with Gasteiger partial charge in [-0.25, -0.2) is 21.9 Å². The van der Waals surface area contributed by atoms with Crippen LogP contribution in [0.1, 0.15) is 20.7 Å². The monoisotopic (exact) mass is 349 g/mol. The van der Waals surface area contributed by atoms with Crippen LogP contribution in [0.4, 0.5) is 4.39 Å². The molecule has 0 N–H and O–H groups in total. The highest BCUT2D eigenvalue weighted by molar-refractivity contribution is 7.90. The Bertz CT molecular complexity index is 926. The van der Waals surface area contributed by atoms with Gasteiger partial charge in [-0.1, -0.05) is 24.3 Å². The lowest BCUT2D eigenvalue weighted by atomic mass is 10.2. The largest absolute Gasteiger partial charge is 0.460 e. The molecule has 24 heavy (non-hydrogen) atoms. The van der Waals surface area contributed by atoms with Crippen molar-refractivity contribution in [3.05, 3.63) is 65.5 Å². The predicted molar refractivity (Wildman–Crippen MR) is 81.3 cm³/mol. The molecular weight excluding hydrogens is 337 g/mol. The quantitative estimate of drug-likeness (QED) is 0.787. The molecule has 0 radical (unpaired) electrons. The third kappa shape index (κ3) is 2.65. The van der Waals surface area contributed by atoms with Crippen molar-refractivity contribution < 1.29 is 27.1 Å². The Kier molecular flexibility index (Phi) is 4.06. The second-order valence-corrected chi connectivity index (χ2v) is 6.82. The highest BCUT2D eigenvalue weighted by atomic mass is 32.2. The van der Waals surface area contributed by atoms with Gasteiger partial charge in [-0.3, -0.25) is 4.79 Å². The van der Waals surface area contributed by atoms with Gasteiger partial charge in [0.1, 0.15) is 17.3 Å². The fraction of sp³-hybridized carbons (Fsp3) is 0.125. The lowest BCUT2D eigenvalue weighted by molar-refractivity contribution is 0.0472. The van der Waals surface area contributed by atoms with E-state index >= 15 is 0 Å². The summed E-state index contributed by atoms with van der Waals surface area (Å²) in [6.45, 7) is -0.706. The molecule has 0 unspecified atom stereocenters. The second-order valence-electron chi connectivity index (χ2n) is 4.99. The summed E-state index contributed by atoms with van der Waals surface area (Å²) in [5.74, 6) is -2.33. The maximum atomic E-state index is 13.5. The van der Waals surface area contributed by atoms with Crippen molar-refractivity contribution in [1.29, 1.82) is 0 Å². The topological polar surface area (TPSA) is 80.8 Å². The van der Waals surface area contributed by atoms with Crippen LogP contribution in [0.15, 0.2) is 53.4 Å². The van der Waals surface area contributed by atoms with E-state index in [-0.39, 0.29) is 29.2 Å². The number of halogens is 1. The van der Waals surface area contributed by atoms with Crippen LogP contribution in [-0.4, -0.2) is 37.8 Å². The number of fused-ring (bicyclic) bond motifs is 1. The minimum Gasteiger partial charge on any atom is -0.460 e. The zero-order valence-electron chi connectivity index (χ0n) is 12.3. The van der Waals surface area contributed by atoms with Crippen LogP contribution < -0.4 is 0 Å². The molecule has 0 saturated carbocycles. The SMILES string of the molecule is O=C(OCCN1C(=O)c2ccccc2S1(=O)=O)c1ccccc1F. The van der Waals surface area contributed by atoms with E-state index in [9.17, 15) is 22.4 Å². The van der Waals surface area contributed by atoms with Gasteiger partial charge in [0.15, 0.2) is 0 Å². The fourth-order valence-electron chi connectivity index (χ4n) is 2.38. The minimum absolute atomic E-state index is 0.0737. The molecular formula is C16H12FNO5S. The number of rotatable bonds is 4. The summed E-state index contributed by atoms with van der Waals surface area (Å²) in [5, 5.41) is 0. The van der Waals surface area contributed by atoms with Crippen molar-refractivity contribution in [1.82, 2.24) is 4.31 Å². The van der Waals surface area contributed by atoms with Crippen molar-refractivity contribution >= 4 is 21.9 Å². The van der Waals surface area contributed by atoms with Crippen LogP contribution in [0.3, 0.4) is 0 Å². The van der Waals surface area contributed by atoms with E-state index in [0.29, 0.717) is 4.31 Å². The molecule has 2 aromatic carbocycles. The summed E-state index contributed by atoms with van der Waals surface area (Å²) in [6, 6.07) is 11.1. The molecule has 1 aliphatic rings. The van der Waals surface area contributed by atoms with Crippen molar-refractivity contribution in [2.75, 3.05) is 13.2 Å². The van der Waals surface area contributed by atoms with Gasteiger partial charge in [-0.05, 0) is 24.3 Å². The smallest absolute Gasteiger partial charge is 0.341 e. The van der Waals surface area contributed by atoms with Crippen molar-refractivity contribution in [3.63, 3.8) is 0 Å². The molecule has 1 amide bonds. The molecule has 0 spiro atoms. The number of nitrogens with zero attached hydrogens (tertiary/aromatic N) is 1. The number of amides is 1. The summed E-state index contributed by atoms with van der Waals surface area (Å²) in [7, 11) is -3.95. The summed E-state index contributed by atoms with van der Waals surface area (Å²) < 4.78 is 43.6. The molecule has 8 heteroatoms. The van der Waals surface area contributed by atoms with E-state index in [1.807, 2.05) is 0 Å². The van der Waals surface area contributed by atoms with E-state index in [1.165, 1.54) is 36.4 Å². The Morgan fingerprint density at radius 2 is 1.75 bits per heavy atom. The first kappa shape index (κ1) is 16.1. The van der Waals surface area contributed by atoms with Crippen LogP contribution >= 0.6 is 0 Å². The predicted octanol–water partition coefficient (Wildman–Crippen LogP) is 1.83.